The number of esters is 2. The fraction of sp³-hybridized carbons (Fsp3) is 0.341. The lowest BCUT2D eigenvalue weighted by Gasteiger charge is -2.32. The average molecular weight is 746 g/mol. The summed E-state index contributed by atoms with van der Waals surface area (Å²) < 4.78 is 58.9. The standard InChI is InChI=1S/C41H45F2N3O6S/c1-7-29-30-16-19-44-34(30)22-33(43)38(29)52-28-13-14-32(42)31(21-28)39-45-23-35(46-39)41(4,27-11-8-10-26(20-27)12-15-36(47)50-5)18-9-17-40(2,3)25-53(49)24-37(48)51-6/h7-8,10-11,13-14,16,19-23,44H,1,9,12,15,17-18,24-25H2,2-6H3,(H,45,46). The fourth-order valence-corrected chi connectivity index (χ4v) is 8.11. The normalized spacial score (nSPS) is 13.3. The number of hydrogen-bond acceptors (Lipinski definition) is 7. The number of benzene rings is 3. The second-order valence-electron chi connectivity index (χ2n) is 14.1. The lowest BCUT2D eigenvalue weighted by Crippen LogP contribution is -2.28. The molecule has 5 rings (SSSR count). The highest BCUT2D eigenvalue weighted by Gasteiger charge is 2.33. The molecular weight excluding hydrogens is 701 g/mol. The minimum absolute atomic E-state index is 0.0264. The van der Waals surface area contributed by atoms with Gasteiger partial charge >= 0.3 is 11.9 Å². The van der Waals surface area contributed by atoms with Crippen LogP contribution in [-0.2, 0) is 41.7 Å². The lowest BCUT2D eigenvalue weighted by atomic mass is 9.74. The van der Waals surface area contributed by atoms with E-state index < -0.39 is 33.8 Å². The third-order valence-corrected chi connectivity index (χ3v) is 11.2. The minimum Gasteiger partial charge on any atom is -0.469 e. The second kappa shape index (κ2) is 16.7. The molecule has 0 fully saturated rings. The Morgan fingerprint density at radius 3 is 2.49 bits per heavy atom. The van der Waals surface area contributed by atoms with E-state index in [-0.39, 0.29) is 46.4 Å². The van der Waals surface area contributed by atoms with Crippen molar-refractivity contribution in [3.05, 3.63) is 108 Å². The van der Waals surface area contributed by atoms with Crippen LogP contribution in [0.25, 0.3) is 28.4 Å². The number of aromatic nitrogens is 3. The van der Waals surface area contributed by atoms with Crippen LogP contribution < -0.4 is 4.74 Å². The highest BCUT2D eigenvalue weighted by atomic mass is 32.2. The SMILES string of the molecule is C=Cc1c(Oc2ccc(F)c(-c3ncc(C(C)(CCCC(C)(C)CS(=O)CC(=O)OC)c4cccc(CCC(=O)OC)c4)[nH]3)c2)c(F)cc2[nH]ccc12. The molecule has 2 atom stereocenters. The Kier molecular flexibility index (Phi) is 12.3. The van der Waals surface area contributed by atoms with Gasteiger partial charge in [-0.3, -0.25) is 13.8 Å². The molecule has 2 unspecified atom stereocenters. The molecule has 53 heavy (non-hydrogen) atoms. The van der Waals surface area contributed by atoms with Crippen LogP contribution in [0.1, 0.15) is 68.8 Å². The smallest absolute Gasteiger partial charge is 0.318 e. The molecule has 3 aromatic carbocycles. The van der Waals surface area contributed by atoms with E-state index >= 15 is 8.78 Å². The molecule has 2 aromatic heterocycles. The lowest BCUT2D eigenvalue weighted by molar-refractivity contribution is -0.140. The predicted molar refractivity (Wildman–Crippen MR) is 203 cm³/mol. The van der Waals surface area contributed by atoms with Crippen LogP contribution in [0.3, 0.4) is 0 Å². The van der Waals surface area contributed by atoms with Crippen LogP contribution >= 0.6 is 0 Å². The Balaban J connectivity index is 1.45. The maximum absolute atomic E-state index is 15.5. The molecule has 9 nitrogen and oxygen atoms in total. The molecule has 0 saturated heterocycles. The average Bonchev–Trinajstić information content (AvgIpc) is 3.82. The fourth-order valence-electron chi connectivity index (χ4n) is 6.61. The van der Waals surface area contributed by atoms with E-state index in [0.717, 1.165) is 28.6 Å². The van der Waals surface area contributed by atoms with Gasteiger partial charge in [0.2, 0.25) is 0 Å². The zero-order valence-electron chi connectivity index (χ0n) is 30.6. The molecule has 0 aliphatic rings. The van der Waals surface area contributed by atoms with Crippen molar-refractivity contribution in [2.75, 3.05) is 25.7 Å². The van der Waals surface area contributed by atoms with Crippen molar-refractivity contribution in [1.82, 2.24) is 15.0 Å². The van der Waals surface area contributed by atoms with Gasteiger partial charge in [-0.1, -0.05) is 57.2 Å². The molecule has 0 saturated carbocycles. The maximum atomic E-state index is 15.5. The number of carbonyl (C=O) groups excluding carboxylic acids is 2. The minimum atomic E-state index is -1.37. The summed E-state index contributed by atoms with van der Waals surface area (Å²) in [6, 6.07) is 15.3. The van der Waals surface area contributed by atoms with Gasteiger partial charge in [0, 0.05) is 69.0 Å². The highest BCUT2D eigenvalue weighted by Crippen LogP contribution is 2.40. The molecule has 2 N–H and O–H groups in total. The summed E-state index contributed by atoms with van der Waals surface area (Å²) >= 11 is 0. The Bertz CT molecular complexity index is 2140. The van der Waals surface area contributed by atoms with Gasteiger partial charge in [-0.2, -0.15) is 0 Å². The van der Waals surface area contributed by atoms with Gasteiger partial charge in [0.25, 0.3) is 0 Å². The first-order valence-corrected chi connectivity index (χ1v) is 18.8. The quantitative estimate of drug-likeness (QED) is 0.0913. The van der Waals surface area contributed by atoms with Crippen molar-refractivity contribution >= 4 is 39.7 Å². The summed E-state index contributed by atoms with van der Waals surface area (Å²) in [7, 11) is 1.27. The number of methoxy groups -OCH3 is 2. The van der Waals surface area contributed by atoms with Gasteiger partial charge in [-0.15, -0.1) is 0 Å². The van der Waals surface area contributed by atoms with E-state index in [1.165, 1.54) is 44.6 Å². The summed E-state index contributed by atoms with van der Waals surface area (Å²) in [5.41, 5.74) is 2.88. The molecule has 0 radical (unpaired) electrons. The van der Waals surface area contributed by atoms with Crippen LogP contribution in [0.15, 0.2) is 73.6 Å². The summed E-state index contributed by atoms with van der Waals surface area (Å²) in [6.45, 7) is 9.97. The summed E-state index contributed by atoms with van der Waals surface area (Å²) in [5.74, 6) is -1.31. The van der Waals surface area contributed by atoms with Crippen LogP contribution in [0.4, 0.5) is 8.78 Å². The number of ether oxygens (including phenoxy) is 3. The van der Waals surface area contributed by atoms with E-state index in [9.17, 15) is 13.8 Å². The van der Waals surface area contributed by atoms with E-state index in [2.05, 4.69) is 39.3 Å². The number of hydrogen-bond donors (Lipinski definition) is 2. The van der Waals surface area contributed by atoms with Crippen LogP contribution in [0, 0.1) is 17.0 Å². The largest absolute Gasteiger partial charge is 0.469 e. The zero-order chi connectivity index (χ0) is 38.3. The van der Waals surface area contributed by atoms with E-state index in [1.807, 2.05) is 32.0 Å². The van der Waals surface area contributed by atoms with Gasteiger partial charge in [-0.25, -0.2) is 13.8 Å². The summed E-state index contributed by atoms with van der Waals surface area (Å²) in [4.78, 5) is 34.6. The molecule has 0 amide bonds. The number of nitrogens with one attached hydrogen (secondary N) is 2. The number of aryl methyl sites for hydroxylation is 1. The van der Waals surface area contributed by atoms with E-state index in [0.29, 0.717) is 36.1 Å². The van der Waals surface area contributed by atoms with Gasteiger partial charge in [-0.05, 0) is 67.0 Å². The van der Waals surface area contributed by atoms with E-state index in [1.54, 1.807) is 18.5 Å². The topological polar surface area (TPSA) is 123 Å². The molecular formula is C41H45F2N3O6S. The molecule has 12 heteroatoms. The van der Waals surface area contributed by atoms with Gasteiger partial charge in [0.05, 0.1) is 19.8 Å². The monoisotopic (exact) mass is 745 g/mol. The zero-order valence-corrected chi connectivity index (χ0v) is 31.5. The molecule has 0 spiro atoms. The molecule has 2 heterocycles. The molecule has 0 aliphatic carbocycles. The van der Waals surface area contributed by atoms with Crippen LogP contribution in [0.5, 0.6) is 11.5 Å². The Labute approximate surface area is 310 Å². The first kappa shape index (κ1) is 39.1. The highest BCUT2D eigenvalue weighted by molar-refractivity contribution is 7.85. The Morgan fingerprint density at radius 1 is 0.981 bits per heavy atom. The number of imidazole rings is 1. The van der Waals surface area contributed by atoms with Crippen molar-refractivity contribution in [3.63, 3.8) is 0 Å². The van der Waals surface area contributed by atoms with Crippen molar-refractivity contribution in [2.24, 2.45) is 5.41 Å². The Morgan fingerprint density at radius 2 is 1.75 bits per heavy atom. The molecule has 0 bridgehead atoms. The first-order chi connectivity index (χ1) is 25.3. The van der Waals surface area contributed by atoms with Gasteiger partial charge < -0.3 is 24.2 Å². The van der Waals surface area contributed by atoms with Crippen molar-refractivity contribution in [1.29, 1.82) is 0 Å². The summed E-state index contributed by atoms with van der Waals surface area (Å²) in [6.07, 6.45) is 7.71. The third-order valence-electron chi connectivity index (χ3n) is 9.59. The number of nitrogens with zero attached hydrogens (tertiary/aromatic N) is 1. The molecule has 280 valence electrons. The Hall–Kier alpha value is -5.10. The van der Waals surface area contributed by atoms with Crippen LogP contribution in [-0.4, -0.2) is 56.8 Å². The number of rotatable bonds is 17. The number of fused-ring (bicyclic) bond motifs is 1. The number of halogens is 2. The molecule has 0 aliphatic heterocycles. The van der Waals surface area contributed by atoms with Gasteiger partial charge in [0.15, 0.2) is 11.6 Å². The van der Waals surface area contributed by atoms with Crippen molar-refractivity contribution < 1.29 is 36.8 Å². The second-order valence-corrected chi connectivity index (χ2v) is 15.5. The predicted octanol–water partition coefficient (Wildman–Crippen LogP) is 8.80. The number of aromatic amines is 2. The van der Waals surface area contributed by atoms with E-state index in [4.69, 9.17) is 9.47 Å². The number of carbonyl (C=O) groups is 2. The van der Waals surface area contributed by atoms with Crippen molar-refractivity contribution in [3.8, 4) is 22.9 Å². The maximum Gasteiger partial charge on any atom is 0.318 e. The third kappa shape index (κ3) is 9.29. The summed E-state index contributed by atoms with van der Waals surface area (Å²) in [5, 5.41) is 0.737. The first-order valence-electron chi connectivity index (χ1n) is 17.3. The van der Waals surface area contributed by atoms with Gasteiger partial charge in [0.1, 0.15) is 23.1 Å². The number of H-pyrrole nitrogens is 2. The van der Waals surface area contributed by atoms with Crippen LogP contribution in [0.2, 0.25) is 0 Å². The molecule has 5 aromatic rings. The van der Waals surface area contributed by atoms with Crippen molar-refractivity contribution in [2.45, 2.75) is 58.3 Å².